The van der Waals surface area contributed by atoms with Gasteiger partial charge in [0.05, 0.1) is 4.90 Å². The number of benzene rings is 2. The Kier molecular flexibility index (Phi) is 4.28. The number of sulfonamides is 1. The second kappa shape index (κ2) is 6.48. The van der Waals surface area contributed by atoms with E-state index in [1.165, 1.54) is 9.87 Å². The maximum absolute atomic E-state index is 12.5. The molecule has 0 spiro atoms. The SMILES string of the molecule is CN(C)S(=O)(=O)c1ccc2c(c1)N(Cc1cccc3c1OCCO3)CC2. The number of anilines is 1. The minimum Gasteiger partial charge on any atom is -0.486 e. The summed E-state index contributed by atoms with van der Waals surface area (Å²) in [7, 11) is -0.348. The first kappa shape index (κ1) is 17.2. The van der Waals surface area contributed by atoms with Crippen LogP contribution in [0.4, 0.5) is 5.69 Å². The lowest BCUT2D eigenvalue weighted by Crippen LogP contribution is -2.24. The Morgan fingerprint density at radius 3 is 2.73 bits per heavy atom. The molecule has 0 saturated heterocycles. The lowest BCUT2D eigenvalue weighted by atomic mass is 10.1. The van der Waals surface area contributed by atoms with Gasteiger partial charge in [0, 0.05) is 38.4 Å². The Morgan fingerprint density at radius 2 is 1.92 bits per heavy atom. The Balaban J connectivity index is 1.66. The molecule has 6 nitrogen and oxygen atoms in total. The lowest BCUT2D eigenvalue weighted by molar-refractivity contribution is 0.170. The van der Waals surface area contributed by atoms with Crippen LogP contribution < -0.4 is 14.4 Å². The molecular formula is C19H22N2O4S. The molecule has 0 fully saturated rings. The van der Waals surface area contributed by atoms with Gasteiger partial charge in [-0.3, -0.25) is 0 Å². The van der Waals surface area contributed by atoms with Crippen LogP contribution in [-0.4, -0.2) is 46.6 Å². The summed E-state index contributed by atoms with van der Waals surface area (Å²) < 4.78 is 37.6. The third-order valence-corrected chi connectivity index (χ3v) is 6.65. The molecule has 7 heteroatoms. The van der Waals surface area contributed by atoms with E-state index in [0.29, 0.717) is 24.7 Å². The van der Waals surface area contributed by atoms with Gasteiger partial charge in [0.2, 0.25) is 10.0 Å². The van der Waals surface area contributed by atoms with Crippen LogP contribution in [0.1, 0.15) is 11.1 Å². The molecule has 0 bridgehead atoms. The monoisotopic (exact) mass is 374 g/mol. The molecule has 0 aliphatic carbocycles. The normalized spacial score (nSPS) is 16.0. The first-order valence-corrected chi connectivity index (χ1v) is 10.1. The largest absolute Gasteiger partial charge is 0.486 e. The molecule has 2 aromatic carbocycles. The summed E-state index contributed by atoms with van der Waals surface area (Å²) in [4.78, 5) is 2.53. The molecule has 0 amide bonds. The Bertz CT molecular complexity index is 941. The number of ether oxygens (including phenoxy) is 2. The Hall–Kier alpha value is -2.25. The number of para-hydroxylation sites is 1. The topological polar surface area (TPSA) is 59.1 Å². The van der Waals surface area contributed by atoms with Crippen LogP contribution in [0.2, 0.25) is 0 Å². The molecule has 0 N–H and O–H groups in total. The number of fused-ring (bicyclic) bond motifs is 2. The van der Waals surface area contributed by atoms with Gasteiger partial charge in [0.25, 0.3) is 0 Å². The highest BCUT2D eigenvalue weighted by atomic mass is 32.2. The van der Waals surface area contributed by atoms with Gasteiger partial charge in [0.1, 0.15) is 13.2 Å². The van der Waals surface area contributed by atoms with Gasteiger partial charge in [-0.15, -0.1) is 0 Å². The Morgan fingerprint density at radius 1 is 1.12 bits per heavy atom. The molecule has 0 atom stereocenters. The van der Waals surface area contributed by atoms with Crippen LogP contribution in [-0.2, 0) is 23.0 Å². The van der Waals surface area contributed by atoms with Crippen molar-refractivity contribution in [1.82, 2.24) is 4.31 Å². The minimum atomic E-state index is -3.45. The van der Waals surface area contributed by atoms with E-state index in [2.05, 4.69) is 4.90 Å². The molecule has 0 aromatic heterocycles. The van der Waals surface area contributed by atoms with Crippen LogP contribution in [0, 0.1) is 0 Å². The second-order valence-electron chi connectivity index (χ2n) is 6.69. The van der Waals surface area contributed by atoms with Crippen LogP contribution in [0.15, 0.2) is 41.3 Å². The smallest absolute Gasteiger partial charge is 0.242 e. The summed E-state index contributed by atoms with van der Waals surface area (Å²) in [5, 5.41) is 0. The summed E-state index contributed by atoms with van der Waals surface area (Å²) in [5.74, 6) is 1.57. The standard InChI is InChI=1S/C19H22N2O4S/c1-20(2)26(22,23)16-7-6-14-8-9-21(17(14)12-16)13-15-4-3-5-18-19(15)25-11-10-24-18/h3-7,12H,8-11,13H2,1-2H3. The van der Waals surface area contributed by atoms with Gasteiger partial charge in [-0.25, -0.2) is 12.7 Å². The Labute approximate surface area is 154 Å². The van der Waals surface area contributed by atoms with Gasteiger partial charge in [-0.2, -0.15) is 0 Å². The van der Waals surface area contributed by atoms with E-state index in [1.807, 2.05) is 24.3 Å². The molecule has 0 unspecified atom stereocenters. The van der Waals surface area contributed by atoms with E-state index in [9.17, 15) is 8.42 Å². The average Bonchev–Trinajstić information content (AvgIpc) is 3.04. The van der Waals surface area contributed by atoms with Gasteiger partial charge in [-0.1, -0.05) is 18.2 Å². The highest BCUT2D eigenvalue weighted by Crippen LogP contribution is 2.37. The highest BCUT2D eigenvalue weighted by molar-refractivity contribution is 7.89. The fourth-order valence-electron chi connectivity index (χ4n) is 3.43. The van der Waals surface area contributed by atoms with Gasteiger partial charge in [0.15, 0.2) is 11.5 Å². The predicted molar refractivity (Wildman–Crippen MR) is 99.5 cm³/mol. The fourth-order valence-corrected chi connectivity index (χ4v) is 4.35. The number of nitrogens with zero attached hydrogens (tertiary/aromatic N) is 2. The zero-order valence-corrected chi connectivity index (χ0v) is 15.8. The molecule has 0 radical (unpaired) electrons. The van der Waals surface area contributed by atoms with Gasteiger partial charge < -0.3 is 14.4 Å². The molecular weight excluding hydrogens is 352 g/mol. The summed E-state index contributed by atoms with van der Waals surface area (Å²) in [6, 6.07) is 11.3. The minimum absolute atomic E-state index is 0.322. The van der Waals surface area contributed by atoms with E-state index in [1.54, 1.807) is 26.2 Å². The summed E-state index contributed by atoms with van der Waals surface area (Å²) in [6.07, 6.45) is 0.907. The van der Waals surface area contributed by atoms with Crippen molar-refractivity contribution in [3.63, 3.8) is 0 Å². The van der Waals surface area contributed by atoms with E-state index in [-0.39, 0.29) is 0 Å². The maximum atomic E-state index is 12.5. The molecule has 2 aliphatic rings. The van der Waals surface area contributed by atoms with Crippen LogP contribution in [0.3, 0.4) is 0 Å². The first-order chi connectivity index (χ1) is 12.5. The first-order valence-electron chi connectivity index (χ1n) is 8.65. The number of hydrogen-bond donors (Lipinski definition) is 0. The van der Waals surface area contributed by atoms with Crippen molar-refractivity contribution < 1.29 is 17.9 Å². The fraction of sp³-hybridized carbons (Fsp3) is 0.368. The van der Waals surface area contributed by atoms with Crippen molar-refractivity contribution in [3.05, 3.63) is 47.5 Å². The van der Waals surface area contributed by atoms with Crippen LogP contribution >= 0.6 is 0 Å². The summed E-state index contributed by atoms with van der Waals surface area (Å²) >= 11 is 0. The van der Waals surface area contributed by atoms with Crippen molar-refractivity contribution in [2.24, 2.45) is 0 Å². The van der Waals surface area contributed by atoms with Crippen molar-refractivity contribution in [3.8, 4) is 11.5 Å². The van der Waals surface area contributed by atoms with E-state index in [0.717, 1.165) is 35.7 Å². The molecule has 2 aromatic rings. The molecule has 2 heterocycles. The van der Waals surface area contributed by atoms with Crippen molar-refractivity contribution >= 4 is 15.7 Å². The third kappa shape index (κ3) is 2.91. The van der Waals surface area contributed by atoms with E-state index >= 15 is 0 Å². The lowest BCUT2D eigenvalue weighted by Gasteiger charge is -2.25. The molecule has 26 heavy (non-hydrogen) atoms. The predicted octanol–water partition coefficient (Wildman–Crippen LogP) is 2.27. The summed E-state index contributed by atoms with van der Waals surface area (Å²) in [5.41, 5.74) is 3.20. The number of hydrogen-bond acceptors (Lipinski definition) is 5. The zero-order valence-electron chi connectivity index (χ0n) is 14.9. The second-order valence-corrected chi connectivity index (χ2v) is 8.84. The van der Waals surface area contributed by atoms with Crippen molar-refractivity contribution in [2.45, 2.75) is 17.9 Å². The van der Waals surface area contributed by atoms with E-state index in [4.69, 9.17) is 9.47 Å². The van der Waals surface area contributed by atoms with E-state index < -0.39 is 10.0 Å². The summed E-state index contributed by atoms with van der Waals surface area (Å²) in [6.45, 7) is 2.62. The van der Waals surface area contributed by atoms with Crippen molar-refractivity contribution in [2.75, 3.05) is 38.8 Å². The van der Waals surface area contributed by atoms with Gasteiger partial charge >= 0.3 is 0 Å². The molecule has 4 rings (SSSR count). The van der Waals surface area contributed by atoms with Crippen molar-refractivity contribution in [1.29, 1.82) is 0 Å². The van der Waals surface area contributed by atoms with Gasteiger partial charge in [-0.05, 0) is 30.2 Å². The van der Waals surface area contributed by atoms with Crippen LogP contribution in [0.5, 0.6) is 11.5 Å². The maximum Gasteiger partial charge on any atom is 0.242 e. The molecule has 2 aliphatic heterocycles. The van der Waals surface area contributed by atoms with Crippen LogP contribution in [0.25, 0.3) is 0 Å². The third-order valence-electron chi connectivity index (χ3n) is 4.84. The zero-order chi connectivity index (χ0) is 18.3. The molecule has 0 saturated carbocycles. The highest BCUT2D eigenvalue weighted by Gasteiger charge is 2.26. The number of rotatable bonds is 4. The molecule has 138 valence electrons. The quantitative estimate of drug-likeness (QED) is 0.822. The average molecular weight is 374 g/mol.